The van der Waals surface area contributed by atoms with Crippen LogP contribution in [-0.2, 0) is 11.3 Å². The van der Waals surface area contributed by atoms with Crippen LogP contribution < -0.4 is 15.8 Å². The van der Waals surface area contributed by atoms with Gasteiger partial charge in [0.15, 0.2) is 5.78 Å². The monoisotopic (exact) mass is 374 g/mol. The number of nitrogens with zero attached hydrogens (tertiary/aromatic N) is 3. The first-order valence-corrected chi connectivity index (χ1v) is 8.75. The topological polar surface area (TPSA) is 84.3 Å². The molecule has 1 aliphatic rings. The Labute approximate surface area is 155 Å². The van der Waals surface area contributed by atoms with Crippen molar-refractivity contribution in [2.45, 2.75) is 26.3 Å². The molecule has 7 nitrogen and oxygen atoms in total. The van der Waals surface area contributed by atoms with Gasteiger partial charge in [-0.05, 0) is 31.9 Å². The molecule has 2 heterocycles. The molecule has 136 valence electrons. The Balaban J connectivity index is 1.73. The van der Waals surface area contributed by atoms with Gasteiger partial charge in [-0.2, -0.15) is 5.10 Å². The third-order valence-electron chi connectivity index (χ3n) is 4.26. The standard InChI is InChI=1S/C18H19ClN4O3/c1-12(24)13-5-4-6-14(9-13)21-16(25)11-23-18(26)17(19)15(10-20-23)22-7-2-3-8-22/h4-6,9-10H,2-3,7-8,11H2,1H3,(H,21,25). The van der Waals surface area contributed by atoms with E-state index >= 15 is 0 Å². The molecule has 3 rings (SSSR count). The van der Waals surface area contributed by atoms with Gasteiger partial charge in [-0.3, -0.25) is 14.4 Å². The minimum Gasteiger partial charge on any atom is -0.369 e. The lowest BCUT2D eigenvalue weighted by Gasteiger charge is -2.18. The number of hydrogen-bond donors (Lipinski definition) is 1. The van der Waals surface area contributed by atoms with Crippen molar-refractivity contribution in [3.63, 3.8) is 0 Å². The number of benzene rings is 1. The third kappa shape index (κ3) is 3.94. The van der Waals surface area contributed by atoms with Crippen molar-refractivity contribution in [3.05, 3.63) is 51.4 Å². The van der Waals surface area contributed by atoms with Crippen molar-refractivity contribution < 1.29 is 9.59 Å². The van der Waals surface area contributed by atoms with E-state index in [1.807, 2.05) is 4.90 Å². The van der Waals surface area contributed by atoms with Gasteiger partial charge in [-0.1, -0.05) is 23.7 Å². The van der Waals surface area contributed by atoms with E-state index in [-0.39, 0.29) is 17.4 Å². The molecular formula is C18H19ClN4O3. The molecule has 26 heavy (non-hydrogen) atoms. The summed E-state index contributed by atoms with van der Waals surface area (Å²) in [7, 11) is 0. The predicted octanol–water partition coefficient (Wildman–Crippen LogP) is 2.34. The maximum Gasteiger partial charge on any atom is 0.288 e. The number of aromatic nitrogens is 2. The van der Waals surface area contributed by atoms with E-state index in [0.29, 0.717) is 16.9 Å². The zero-order valence-electron chi connectivity index (χ0n) is 14.4. The van der Waals surface area contributed by atoms with E-state index in [0.717, 1.165) is 30.6 Å². The molecule has 1 fully saturated rings. The Morgan fingerprint density at radius 2 is 2.00 bits per heavy atom. The fraction of sp³-hybridized carbons (Fsp3) is 0.333. The Bertz CT molecular complexity index is 904. The van der Waals surface area contributed by atoms with Crippen molar-refractivity contribution in [1.82, 2.24) is 9.78 Å². The van der Waals surface area contributed by atoms with Gasteiger partial charge in [0.05, 0.1) is 11.9 Å². The van der Waals surface area contributed by atoms with Crippen LogP contribution in [0.1, 0.15) is 30.1 Å². The van der Waals surface area contributed by atoms with Gasteiger partial charge in [-0.25, -0.2) is 4.68 Å². The average Bonchev–Trinajstić information content (AvgIpc) is 3.13. The lowest BCUT2D eigenvalue weighted by Crippen LogP contribution is -2.31. The Hall–Kier alpha value is -2.67. The molecule has 1 aromatic heterocycles. The summed E-state index contributed by atoms with van der Waals surface area (Å²) in [4.78, 5) is 38.0. The Kier molecular flexibility index (Phi) is 5.37. The molecule has 0 aliphatic carbocycles. The summed E-state index contributed by atoms with van der Waals surface area (Å²) < 4.78 is 1.03. The van der Waals surface area contributed by atoms with Gasteiger partial charge in [0.2, 0.25) is 5.91 Å². The summed E-state index contributed by atoms with van der Waals surface area (Å²) in [6.45, 7) is 2.88. The van der Waals surface area contributed by atoms with E-state index in [2.05, 4.69) is 10.4 Å². The molecule has 0 bridgehead atoms. The van der Waals surface area contributed by atoms with Crippen LogP contribution in [0.25, 0.3) is 0 Å². The van der Waals surface area contributed by atoms with Gasteiger partial charge in [0, 0.05) is 24.3 Å². The molecule has 1 amide bonds. The molecule has 1 N–H and O–H groups in total. The summed E-state index contributed by atoms with van der Waals surface area (Å²) in [6.07, 6.45) is 3.64. The number of amides is 1. The molecular weight excluding hydrogens is 356 g/mol. The lowest BCUT2D eigenvalue weighted by atomic mass is 10.1. The van der Waals surface area contributed by atoms with E-state index in [4.69, 9.17) is 11.6 Å². The minimum absolute atomic E-state index is 0.0771. The molecule has 8 heteroatoms. The van der Waals surface area contributed by atoms with Crippen LogP contribution in [0.4, 0.5) is 11.4 Å². The van der Waals surface area contributed by atoms with Crippen LogP contribution in [0.2, 0.25) is 5.02 Å². The minimum atomic E-state index is -0.497. The van der Waals surface area contributed by atoms with E-state index in [9.17, 15) is 14.4 Å². The van der Waals surface area contributed by atoms with Crippen LogP contribution in [0.15, 0.2) is 35.3 Å². The number of ketones is 1. The molecule has 1 aromatic carbocycles. The first kappa shape index (κ1) is 18.1. The first-order chi connectivity index (χ1) is 12.5. The van der Waals surface area contributed by atoms with Crippen LogP contribution in [0, 0.1) is 0 Å². The van der Waals surface area contributed by atoms with Gasteiger partial charge in [0.1, 0.15) is 11.6 Å². The number of carbonyl (C=O) groups is 2. The van der Waals surface area contributed by atoms with Crippen LogP contribution in [0.3, 0.4) is 0 Å². The maximum atomic E-state index is 12.4. The maximum absolute atomic E-state index is 12.4. The molecule has 1 saturated heterocycles. The van der Waals surface area contributed by atoms with Gasteiger partial charge >= 0.3 is 0 Å². The fourth-order valence-corrected chi connectivity index (χ4v) is 3.17. The lowest BCUT2D eigenvalue weighted by molar-refractivity contribution is -0.117. The summed E-state index contributed by atoms with van der Waals surface area (Å²) in [5, 5.41) is 6.81. The molecule has 1 aliphatic heterocycles. The average molecular weight is 375 g/mol. The molecule has 0 saturated carbocycles. The van der Waals surface area contributed by atoms with Crippen LogP contribution in [0.5, 0.6) is 0 Å². The van der Waals surface area contributed by atoms with Gasteiger partial charge in [-0.15, -0.1) is 0 Å². The zero-order valence-corrected chi connectivity index (χ0v) is 15.1. The highest BCUT2D eigenvalue weighted by molar-refractivity contribution is 6.33. The van der Waals surface area contributed by atoms with Crippen molar-refractivity contribution in [1.29, 1.82) is 0 Å². The number of rotatable bonds is 5. The van der Waals surface area contributed by atoms with Crippen LogP contribution >= 0.6 is 11.6 Å². The molecule has 2 aromatic rings. The molecule has 0 spiro atoms. The highest BCUT2D eigenvalue weighted by Crippen LogP contribution is 2.24. The van der Waals surface area contributed by atoms with E-state index in [1.54, 1.807) is 24.3 Å². The predicted molar refractivity (Wildman–Crippen MR) is 100 cm³/mol. The Morgan fingerprint density at radius 3 is 2.69 bits per heavy atom. The van der Waals surface area contributed by atoms with Gasteiger partial charge in [0.25, 0.3) is 5.56 Å². The third-order valence-corrected chi connectivity index (χ3v) is 4.61. The van der Waals surface area contributed by atoms with Gasteiger partial charge < -0.3 is 10.2 Å². The quantitative estimate of drug-likeness (QED) is 0.812. The number of nitrogens with one attached hydrogen (secondary N) is 1. The highest BCUT2D eigenvalue weighted by atomic mass is 35.5. The summed E-state index contributed by atoms with van der Waals surface area (Å²) in [6, 6.07) is 6.60. The molecule has 0 atom stereocenters. The Morgan fingerprint density at radius 1 is 1.27 bits per heavy atom. The summed E-state index contributed by atoms with van der Waals surface area (Å²) in [5.74, 6) is -0.520. The van der Waals surface area contributed by atoms with Crippen molar-refractivity contribution in [3.8, 4) is 0 Å². The van der Waals surface area contributed by atoms with Crippen molar-refractivity contribution in [2.75, 3.05) is 23.3 Å². The highest BCUT2D eigenvalue weighted by Gasteiger charge is 2.19. The normalized spacial score (nSPS) is 13.7. The molecule has 0 unspecified atom stereocenters. The summed E-state index contributed by atoms with van der Waals surface area (Å²) in [5.41, 5.74) is 1.09. The number of anilines is 2. The van der Waals surface area contributed by atoms with Crippen LogP contribution in [-0.4, -0.2) is 34.6 Å². The van der Waals surface area contributed by atoms with E-state index < -0.39 is 11.5 Å². The number of halogens is 1. The number of Topliss-reactive ketones (excluding diaryl/α,β-unsaturated/α-hetero) is 1. The fourth-order valence-electron chi connectivity index (χ4n) is 2.90. The number of hydrogen-bond acceptors (Lipinski definition) is 5. The smallest absolute Gasteiger partial charge is 0.288 e. The second kappa shape index (κ2) is 7.70. The molecule has 0 radical (unpaired) electrons. The zero-order chi connectivity index (χ0) is 18.7. The SMILES string of the molecule is CC(=O)c1cccc(NC(=O)Cn2ncc(N3CCCC3)c(Cl)c2=O)c1. The largest absolute Gasteiger partial charge is 0.369 e. The number of carbonyl (C=O) groups excluding carboxylic acids is 2. The van der Waals surface area contributed by atoms with Crippen molar-refractivity contribution >= 4 is 34.7 Å². The first-order valence-electron chi connectivity index (χ1n) is 8.37. The van der Waals surface area contributed by atoms with Crippen molar-refractivity contribution in [2.24, 2.45) is 0 Å². The van der Waals surface area contributed by atoms with E-state index in [1.165, 1.54) is 13.1 Å². The summed E-state index contributed by atoms with van der Waals surface area (Å²) >= 11 is 6.19. The second-order valence-electron chi connectivity index (χ2n) is 6.19. The second-order valence-corrected chi connectivity index (χ2v) is 6.56.